The van der Waals surface area contributed by atoms with Gasteiger partial charge in [-0.1, -0.05) is 19.3 Å². The number of ether oxygens (including phenoxy) is 5. The van der Waals surface area contributed by atoms with Gasteiger partial charge in [-0.15, -0.1) is 5.92 Å². The second-order valence-electron chi connectivity index (χ2n) is 6.54. The van der Waals surface area contributed by atoms with Crippen LogP contribution in [0.2, 0.25) is 0 Å². The van der Waals surface area contributed by atoms with Gasteiger partial charge < -0.3 is 23.7 Å². The first-order chi connectivity index (χ1) is 13.6. The predicted octanol–water partition coefficient (Wildman–Crippen LogP) is 1.31. The van der Waals surface area contributed by atoms with E-state index in [-0.39, 0.29) is 6.61 Å². The maximum absolute atomic E-state index is 11.7. The van der Waals surface area contributed by atoms with Crippen molar-refractivity contribution in [3.63, 3.8) is 0 Å². The van der Waals surface area contributed by atoms with Crippen LogP contribution >= 0.6 is 0 Å². The summed E-state index contributed by atoms with van der Waals surface area (Å²) in [6, 6.07) is 0. The van der Waals surface area contributed by atoms with E-state index in [1.807, 2.05) is 6.92 Å². The number of carbonyl (C=O) groups is 4. The zero-order chi connectivity index (χ0) is 22.0. The molecular formula is C20H28O9. The van der Waals surface area contributed by atoms with E-state index in [1.54, 1.807) is 0 Å². The van der Waals surface area contributed by atoms with Crippen LogP contribution in [0.4, 0.5) is 0 Å². The number of unbranched alkanes of at least 4 members (excludes halogenated alkanes) is 2. The largest absolute Gasteiger partial charge is 0.463 e. The predicted molar refractivity (Wildman–Crippen MR) is 99.3 cm³/mol. The third-order valence-electron chi connectivity index (χ3n) is 3.89. The molecule has 29 heavy (non-hydrogen) atoms. The summed E-state index contributed by atoms with van der Waals surface area (Å²) in [4.78, 5) is 46.2. The minimum absolute atomic E-state index is 0.259. The van der Waals surface area contributed by atoms with Gasteiger partial charge >= 0.3 is 23.9 Å². The Morgan fingerprint density at radius 2 is 1.38 bits per heavy atom. The highest BCUT2D eigenvalue weighted by Crippen LogP contribution is 2.29. The molecule has 1 aliphatic rings. The quantitative estimate of drug-likeness (QED) is 0.264. The molecule has 1 saturated heterocycles. The number of rotatable bonds is 7. The number of hydrogen-bond acceptors (Lipinski definition) is 9. The van der Waals surface area contributed by atoms with Crippen LogP contribution in [-0.4, -0.2) is 61.0 Å². The smallest absolute Gasteiger partial charge is 0.303 e. The first-order valence-corrected chi connectivity index (χ1v) is 9.44. The van der Waals surface area contributed by atoms with Crippen LogP contribution in [-0.2, 0) is 42.9 Å². The number of esters is 4. The molecule has 0 unspecified atom stereocenters. The van der Waals surface area contributed by atoms with Crippen LogP contribution < -0.4 is 0 Å². The van der Waals surface area contributed by atoms with Gasteiger partial charge in [-0.3, -0.25) is 19.2 Å². The fourth-order valence-corrected chi connectivity index (χ4v) is 2.78. The van der Waals surface area contributed by atoms with E-state index < -0.39 is 54.4 Å². The van der Waals surface area contributed by atoms with Gasteiger partial charge in [0.2, 0.25) is 0 Å². The lowest BCUT2D eigenvalue weighted by atomic mass is 9.94. The average molecular weight is 412 g/mol. The van der Waals surface area contributed by atoms with Gasteiger partial charge in [-0.05, 0) is 6.42 Å². The monoisotopic (exact) mass is 412 g/mol. The van der Waals surface area contributed by atoms with Crippen molar-refractivity contribution in [3.05, 3.63) is 0 Å². The lowest BCUT2D eigenvalue weighted by molar-refractivity contribution is -0.242. The van der Waals surface area contributed by atoms with Crippen LogP contribution in [0.5, 0.6) is 0 Å². The Morgan fingerprint density at radius 3 is 1.90 bits per heavy atom. The van der Waals surface area contributed by atoms with Crippen LogP contribution in [0.25, 0.3) is 0 Å². The molecular weight excluding hydrogens is 384 g/mol. The molecule has 1 heterocycles. The van der Waals surface area contributed by atoms with Crippen molar-refractivity contribution in [1.29, 1.82) is 0 Å². The Labute approximate surface area is 170 Å². The van der Waals surface area contributed by atoms with Crippen LogP contribution in [0.3, 0.4) is 0 Å². The molecule has 0 amide bonds. The van der Waals surface area contributed by atoms with Gasteiger partial charge in [0.1, 0.15) is 12.7 Å². The van der Waals surface area contributed by atoms with Crippen molar-refractivity contribution in [2.75, 3.05) is 6.61 Å². The van der Waals surface area contributed by atoms with Crippen LogP contribution in [0.15, 0.2) is 0 Å². The van der Waals surface area contributed by atoms with Crippen molar-refractivity contribution < 1.29 is 42.9 Å². The van der Waals surface area contributed by atoms with E-state index in [0.717, 1.165) is 12.8 Å². The van der Waals surface area contributed by atoms with Gasteiger partial charge in [0.15, 0.2) is 24.4 Å². The zero-order valence-electron chi connectivity index (χ0n) is 17.4. The van der Waals surface area contributed by atoms with E-state index in [0.29, 0.717) is 6.42 Å². The van der Waals surface area contributed by atoms with Gasteiger partial charge in [-0.2, -0.15) is 0 Å². The molecule has 0 N–H and O–H groups in total. The Kier molecular flexibility index (Phi) is 10.2. The third-order valence-corrected chi connectivity index (χ3v) is 3.89. The lowest BCUT2D eigenvalue weighted by Gasteiger charge is -2.42. The van der Waals surface area contributed by atoms with E-state index >= 15 is 0 Å². The summed E-state index contributed by atoms with van der Waals surface area (Å²) in [6.45, 7) is 6.52. The molecule has 0 aromatic carbocycles. The highest BCUT2D eigenvalue weighted by molar-refractivity contribution is 5.68. The van der Waals surface area contributed by atoms with Crippen molar-refractivity contribution >= 4 is 23.9 Å². The minimum atomic E-state index is -1.18. The molecule has 1 aliphatic heterocycles. The van der Waals surface area contributed by atoms with E-state index in [1.165, 1.54) is 27.7 Å². The molecule has 5 atom stereocenters. The topological polar surface area (TPSA) is 114 Å². The minimum Gasteiger partial charge on any atom is -0.463 e. The molecule has 162 valence electrons. The molecule has 0 spiro atoms. The molecule has 9 nitrogen and oxygen atoms in total. The Morgan fingerprint density at radius 1 is 0.828 bits per heavy atom. The van der Waals surface area contributed by atoms with Crippen molar-refractivity contribution in [1.82, 2.24) is 0 Å². The molecule has 0 aromatic rings. The first kappa shape index (κ1) is 24.4. The summed E-state index contributed by atoms with van der Waals surface area (Å²) in [6.07, 6.45) is -2.97. The van der Waals surface area contributed by atoms with E-state index in [9.17, 15) is 19.2 Å². The molecule has 1 rings (SSSR count). The highest BCUT2D eigenvalue weighted by Gasteiger charge is 2.51. The molecule has 0 aliphatic carbocycles. The molecule has 0 radical (unpaired) electrons. The number of carbonyl (C=O) groups excluding carboxylic acids is 4. The molecule has 0 bridgehead atoms. The van der Waals surface area contributed by atoms with Crippen LogP contribution in [0.1, 0.15) is 53.9 Å². The second kappa shape index (κ2) is 12.1. The highest BCUT2D eigenvalue weighted by atomic mass is 16.7. The molecule has 0 aromatic heterocycles. The average Bonchev–Trinajstić information content (AvgIpc) is 2.60. The van der Waals surface area contributed by atoms with Gasteiger partial charge in [0, 0.05) is 34.1 Å². The summed E-state index contributed by atoms with van der Waals surface area (Å²) >= 11 is 0. The second-order valence-corrected chi connectivity index (χ2v) is 6.54. The van der Waals surface area contributed by atoms with E-state index in [2.05, 4.69) is 11.8 Å². The van der Waals surface area contributed by atoms with Crippen molar-refractivity contribution in [2.45, 2.75) is 84.4 Å². The van der Waals surface area contributed by atoms with Gasteiger partial charge in [0.25, 0.3) is 0 Å². The fraction of sp³-hybridized carbons (Fsp3) is 0.700. The Bertz CT molecular complexity index is 661. The van der Waals surface area contributed by atoms with E-state index in [4.69, 9.17) is 23.7 Å². The summed E-state index contributed by atoms with van der Waals surface area (Å²) < 4.78 is 26.8. The Balaban J connectivity index is 3.29. The first-order valence-electron chi connectivity index (χ1n) is 9.44. The maximum atomic E-state index is 11.7. The molecule has 0 saturated carbocycles. The summed E-state index contributed by atoms with van der Waals surface area (Å²) in [5.74, 6) is 3.29. The lowest BCUT2D eigenvalue weighted by Crippen LogP contribution is -2.62. The van der Waals surface area contributed by atoms with Crippen molar-refractivity contribution in [3.8, 4) is 11.8 Å². The zero-order valence-corrected chi connectivity index (χ0v) is 17.4. The fourth-order valence-electron chi connectivity index (χ4n) is 2.78. The number of hydrogen-bond donors (Lipinski definition) is 0. The SMILES string of the molecule is CCCCC#C[C@@H]1O[C@H](COC(C)=O)[C@@H](OC(C)=O)[C@H](OC(C)=O)[C@H]1OC(C)=O. The van der Waals surface area contributed by atoms with Crippen LogP contribution in [0, 0.1) is 11.8 Å². The third kappa shape index (κ3) is 8.52. The normalized spacial score (nSPS) is 25.8. The molecule has 1 fully saturated rings. The summed E-state index contributed by atoms with van der Waals surface area (Å²) in [5, 5.41) is 0. The maximum Gasteiger partial charge on any atom is 0.303 e. The Hall–Kier alpha value is -2.60. The molecule has 9 heteroatoms. The standard InChI is InChI=1S/C20H28O9/c1-6-7-8-9-10-16-18(26-13(3)22)20(28-15(5)24)19(27-14(4)23)17(29-16)11-25-12(2)21/h16-20H,6-8,11H2,1-5H3/t16-,17+,18-,19+,20+/m0/s1. The van der Waals surface area contributed by atoms with Crippen molar-refractivity contribution in [2.24, 2.45) is 0 Å². The van der Waals surface area contributed by atoms with Gasteiger partial charge in [-0.25, -0.2) is 0 Å². The summed E-state index contributed by atoms with van der Waals surface area (Å²) in [7, 11) is 0. The summed E-state index contributed by atoms with van der Waals surface area (Å²) in [5.41, 5.74) is 0. The van der Waals surface area contributed by atoms with Gasteiger partial charge in [0.05, 0.1) is 0 Å².